The fourth-order valence-corrected chi connectivity index (χ4v) is 5.12. The number of amides is 1. The molecule has 0 saturated carbocycles. The molecule has 1 fully saturated rings. The lowest BCUT2D eigenvalue weighted by molar-refractivity contribution is -0.115. The number of aromatic nitrogens is 1. The van der Waals surface area contributed by atoms with Crippen LogP contribution in [-0.4, -0.2) is 59.0 Å². The Labute approximate surface area is 203 Å². The van der Waals surface area contributed by atoms with E-state index in [0.717, 1.165) is 54.4 Å². The Morgan fingerprint density at radius 1 is 1.00 bits per heavy atom. The van der Waals surface area contributed by atoms with Crippen molar-refractivity contribution in [2.45, 2.75) is 13.0 Å². The second kappa shape index (κ2) is 9.93. The van der Waals surface area contributed by atoms with Gasteiger partial charge in [-0.2, -0.15) is 0 Å². The van der Waals surface area contributed by atoms with Crippen molar-refractivity contribution in [1.82, 2.24) is 14.8 Å². The van der Waals surface area contributed by atoms with Gasteiger partial charge in [-0.3, -0.25) is 9.69 Å². The van der Waals surface area contributed by atoms with E-state index < -0.39 is 0 Å². The normalized spacial score (nSPS) is 15.0. The lowest BCUT2D eigenvalue weighted by Crippen LogP contribution is -2.43. The number of benzene rings is 3. The Morgan fingerprint density at radius 2 is 1.74 bits per heavy atom. The highest BCUT2D eigenvalue weighted by molar-refractivity contribution is 7.13. The average Bonchev–Trinajstić information content (AvgIpc) is 3.30. The van der Waals surface area contributed by atoms with Gasteiger partial charge in [0.2, 0.25) is 5.91 Å². The SMILES string of the molecule is CN1CCN(Cc2ccc(-c3nc(CC(=O)Nc4cccc5c(O)cccc45)cs3)cc2)CC1. The zero-order valence-electron chi connectivity index (χ0n) is 19.2. The van der Waals surface area contributed by atoms with Gasteiger partial charge < -0.3 is 15.3 Å². The summed E-state index contributed by atoms with van der Waals surface area (Å²) in [4.78, 5) is 22.2. The number of hydrogen-bond donors (Lipinski definition) is 2. The Bertz CT molecular complexity index is 1290. The third kappa shape index (κ3) is 5.12. The molecule has 34 heavy (non-hydrogen) atoms. The summed E-state index contributed by atoms with van der Waals surface area (Å²) in [6, 6.07) is 19.4. The van der Waals surface area contributed by atoms with Gasteiger partial charge in [0.05, 0.1) is 12.1 Å². The number of hydrogen-bond acceptors (Lipinski definition) is 6. The topological polar surface area (TPSA) is 68.7 Å². The zero-order chi connectivity index (χ0) is 23.5. The number of likely N-dealkylation sites (N-methyl/N-ethyl adjacent to an activating group) is 1. The van der Waals surface area contributed by atoms with Gasteiger partial charge in [-0.1, -0.05) is 48.5 Å². The van der Waals surface area contributed by atoms with Crippen molar-refractivity contribution in [2.75, 3.05) is 38.5 Å². The molecule has 0 bridgehead atoms. The van der Waals surface area contributed by atoms with E-state index in [-0.39, 0.29) is 18.1 Å². The number of nitrogens with zero attached hydrogens (tertiary/aromatic N) is 3. The van der Waals surface area contributed by atoms with Crippen molar-refractivity contribution < 1.29 is 9.90 Å². The first-order chi connectivity index (χ1) is 16.5. The minimum atomic E-state index is -0.129. The van der Waals surface area contributed by atoms with Gasteiger partial charge in [-0.15, -0.1) is 11.3 Å². The van der Waals surface area contributed by atoms with Gasteiger partial charge in [0, 0.05) is 60.1 Å². The van der Waals surface area contributed by atoms with Gasteiger partial charge in [0.15, 0.2) is 0 Å². The number of thiazole rings is 1. The van der Waals surface area contributed by atoms with Gasteiger partial charge in [-0.25, -0.2) is 4.98 Å². The number of carbonyl (C=O) groups is 1. The molecule has 5 rings (SSSR count). The van der Waals surface area contributed by atoms with E-state index in [1.807, 2.05) is 29.6 Å². The minimum absolute atomic E-state index is 0.129. The maximum absolute atomic E-state index is 12.7. The van der Waals surface area contributed by atoms with E-state index >= 15 is 0 Å². The molecule has 0 spiro atoms. The smallest absolute Gasteiger partial charge is 0.230 e. The molecule has 4 aromatic rings. The van der Waals surface area contributed by atoms with Gasteiger partial charge in [0.1, 0.15) is 10.8 Å². The summed E-state index contributed by atoms with van der Waals surface area (Å²) in [5.74, 6) is 0.0718. The molecule has 0 unspecified atom stereocenters. The van der Waals surface area contributed by atoms with Gasteiger partial charge in [-0.05, 0) is 24.7 Å². The highest BCUT2D eigenvalue weighted by atomic mass is 32.1. The first kappa shape index (κ1) is 22.5. The van der Waals surface area contributed by atoms with E-state index in [4.69, 9.17) is 4.98 Å². The van der Waals surface area contributed by atoms with Crippen LogP contribution in [0.4, 0.5) is 5.69 Å². The molecule has 1 saturated heterocycles. The van der Waals surface area contributed by atoms with Crippen LogP contribution in [0.15, 0.2) is 66.0 Å². The van der Waals surface area contributed by atoms with E-state index in [2.05, 4.69) is 46.4 Å². The van der Waals surface area contributed by atoms with E-state index in [9.17, 15) is 9.90 Å². The number of aromatic hydroxyl groups is 1. The lowest BCUT2D eigenvalue weighted by Gasteiger charge is -2.32. The van der Waals surface area contributed by atoms with Crippen molar-refractivity contribution in [3.8, 4) is 16.3 Å². The van der Waals surface area contributed by atoms with Gasteiger partial charge in [0.25, 0.3) is 0 Å². The van der Waals surface area contributed by atoms with Crippen molar-refractivity contribution in [3.05, 3.63) is 77.3 Å². The van der Waals surface area contributed by atoms with Gasteiger partial charge >= 0.3 is 0 Å². The summed E-state index contributed by atoms with van der Waals surface area (Å²) < 4.78 is 0. The van der Waals surface area contributed by atoms with Crippen LogP contribution in [0.2, 0.25) is 0 Å². The molecule has 1 aliphatic heterocycles. The molecule has 3 aromatic carbocycles. The van der Waals surface area contributed by atoms with E-state index in [1.54, 1.807) is 23.5 Å². The van der Waals surface area contributed by atoms with E-state index in [0.29, 0.717) is 11.1 Å². The predicted molar refractivity (Wildman–Crippen MR) is 138 cm³/mol. The van der Waals surface area contributed by atoms with Crippen LogP contribution in [0.1, 0.15) is 11.3 Å². The molecule has 0 radical (unpaired) electrons. The Hall–Kier alpha value is -3.26. The molecule has 0 aliphatic carbocycles. The fourth-order valence-electron chi connectivity index (χ4n) is 4.30. The molecular weight excluding hydrogens is 444 g/mol. The van der Waals surface area contributed by atoms with Crippen molar-refractivity contribution in [3.63, 3.8) is 0 Å². The van der Waals surface area contributed by atoms with E-state index in [1.165, 1.54) is 5.56 Å². The number of rotatable bonds is 6. The number of phenols is 1. The fraction of sp³-hybridized carbons (Fsp3) is 0.259. The van der Waals surface area contributed by atoms with Crippen LogP contribution in [-0.2, 0) is 17.8 Å². The molecule has 1 aliphatic rings. The maximum Gasteiger partial charge on any atom is 0.230 e. The summed E-state index contributed by atoms with van der Waals surface area (Å²) in [6.07, 6.45) is 0.202. The van der Waals surface area contributed by atoms with Crippen LogP contribution in [0.3, 0.4) is 0 Å². The summed E-state index contributed by atoms with van der Waals surface area (Å²) >= 11 is 1.56. The first-order valence-electron chi connectivity index (χ1n) is 11.5. The molecule has 7 heteroatoms. The Balaban J connectivity index is 1.21. The van der Waals surface area contributed by atoms with Crippen LogP contribution in [0, 0.1) is 0 Å². The second-order valence-electron chi connectivity index (χ2n) is 8.82. The standard InChI is InChI=1S/C27H28N4O2S/c1-30-12-14-31(15-13-30)17-19-8-10-20(11-9-19)27-28-21(18-34-27)16-26(33)29-24-6-2-5-23-22(24)4-3-7-25(23)32/h2-11,18,32H,12-17H2,1H3,(H,29,33). The van der Waals surface area contributed by atoms with Crippen LogP contribution < -0.4 is 5.32 Å². The van der Waals surface area contributed by atoms with Crippen molar-refractivity contribution in [2.24, 2.45) is 0 Å². The van der Waals surface area contributed by atoms with Crippen molar-refractivity contribution >= 4 is 33.7 Å². The molecule has 174 valence electrons. The molecule has 2 N–H and O–H groups in total. The molecule has 6 nitrogen and oxygen atoms in total. The molecular formula is C27H28N4O2S. The summed E-state index contributed by atoms with van der Waals surface area (Å²) in [5.41, 5.74) is 3.82. The predicted octanol–water partition coefficient (Wildman–Crippen LogP) is 4.60. The summed E-state index contributed by atoms with van der Waals surface area (Å²) in [7, 11) is 2.17. The minimum Gasteiger partial charge on any atom is -0.507 e. The third-order valence-electron chi connectivity index (χ3n) is 6.27. The molecule has 1 amide bonds. The van der Waals surface area contributed by atoms with Crippen LogP contribution in [0.25, 0.3) is 21.3 Å². The average molecular weight is 473 g/mol. The third-order valence-corrected chi connectivity index (χ3v) is 7.21. The Morgan fingerprint density at radius 3 is 2.53 bits per heavy atom. The maximum atomic E-state index is 12.7. The summed E-state index contributed by atoms with van der Waals surface area (Å²) in [6.45, 7) is 5.43. The quantitative estimate of drug-likeness (QED) is 0.429. The number of phenolic OH excluding ortho intramolecular Hbond substituents is 1. The van der Waals surface area contributed by atoms with Crippen LogP contribution >= 0.6 is 11.3 Å². The molecule has 1 aromatic heterocycles. The molecule has 2 heterocycles. The number of fused-ring (bicyclic) bond motifs is 1. The first-order valence-corrected chi connectivity index (χ1v) is 12.4. The number of nitrogens with one attached hydrogen (secondary N) is 1. The monoisotopic (exact) mass is 472 g/mol. The number of carbonyl (C=O) groups excluding carboxylic acids is 1. The number of anilines is 1. The second-order valence-corrected chi connectivity index (χ2v) is 9.68. The highest BCUT2D eigenvalue weighted by Gasteiger charge is 2.15. The lowest BCUT2D eigenvalue weighted by atomic mass is 10.1. The highest BCUT2D eigenvalue weighted by Crippen LogP contribution is 2.30. The summed E-state index contributed by atoms with van der Waals surface area (Å²) in [5, 5.41) is 17.4. The van der Waals surface area contributed by atoms with Crippen molar-refractivity contribution in [1.29, 1.82) is 0 Å². The number of piperazine rings is 1. The Kier molecular flexibility index (Phi) is 6.58. The van der Waals surface area contributed by atoms with Crippen LogP contribution in [0.5, 0.6) is 5.75 Å². The zero-order valence-corrected chi connectivity index (χ0v) is 20.0. The molecule has 0 atom stereocenters. The largest absolute Gasteiger partial charge is 0.507 e.